The monoisotopic (exact) mass is 291 g/mol. The van der Waals surface area contributed by atoms with Crippen molar-refractivity contribution in [1.82, 2.24) is 0 Å². The van der Waals surface area contributed by atoms with Crippen LogP contribution in [0.1, 0.15) is 6.42 Å². The Kier molecular flexibility index (Phi) is 4.02. The second kappa shape index (κ2) is 5.55. The summed E-state index contributed by atoms with van der Waals surface area (Å²) in [5.41, 5.74) is 1.27. The number of rotatable bonds is 1. The summed E-state index contributed by atoms with van der Waals surface area (Å²) in [6.07, 6.45) is 15.1. The van der Waals surface area contributed by atoms with Gasteiger partial charge in [-0.15, -0.1) is 18.0 Å². The predicted octanol–water partition coefficient (Wildman–Crippen LogP) is 2.73. The Bertz CT molecular complexity index is 600. The molecule has 0 N–H and O–H groups in total. The Hall–Kier alpha value is -1.65. The molecular weight excluding hydrogens is 283 g/mol. The second-order valence-electron chi connectivity index (χ2n) is 4.17. The third-order valence-corrected chi connectivity index (χ3v) is 3.77. The van der Waals surface area contributed by atoms with Crippen LogP contribution in [0.3, 0.4) is 0 Å². The third-order valence-electron chi connectivity index (χ3n) is 2.96. The van der Waals surface area contributed by atoms with Gasteiger partial charge in [-0.05, 0) is 29.2 Å². The number of Topliss-reactive ketones (excluding diaryl/α,β-unsaturated/α-hetero) is 2. The molecule has 2 bridgehead atoms. The standard InChI is InChI=1S/C15H9Cl2O2/c1-2-13(18)11-8-12(16)15(19)10-6-4-3-5-9(7-10)14(11)17/h1,3-6,11,14H,7H2/q+1. The predicted molar refractivity (Wildman–Crippen MR) is 74.5 cm³/mol. The molecule has 0 heterocycles. The van der Waals surface area contributed by atoms with Crippen molar-refractivity contribution >= 4 is 34.8 Å². The van der Waals surface area contributed by atoms with E-state index in [0.29, 0.717) is 12.0 Å². The van der Waals surface area contributed by atoms with E-state index >= 15 is 0 Å². The van der Waals surface area contributed by atoms with Gasteiger partial charge in [0, 0.05) is 6.42 Å². The zero-order chi connectivity index (χ0) is 14.0. The van der Waals surface area contributed by atoms with Gasteiger partial charge in [0.15, 0.2) is 5.92 Å². The van der Waals surface area contributed by atoms with E-state index in [1.807, 2.05) is 5.92 Å². The fourth-order valence-corrected chi connectivity index (χ4v) is 2.52. The van der Waals surface area contributed by atoms with E-state index in [1.165, 1.54) is 0 Å². The van der Waals surface area contributed by atoms with Crippen LogP contribution in [-0.4, -0.2) is 16.9 Å². The number of alkyl halides is 1. The number of carbonyl (C=O) groups is 2. The number of halogens is 2. The van der Waals surface area contributed by atoms with E-state index in [9.17, 15) is 9.59 Å². The Morgan fingerprint density at radius 1 is 1.42 bits per heavy atom. The second-order valence-corrected chi connectivity index (χ2v) is 5.02. The van der Waals surface area contributed by atoms with Crippen molar-refractivity contribution in [2.45, 2.75) is 11.8 Å². The fourth-order valence-electron chi connectivity index (χ4n) is 1.95. The van der Waals surface area contributed by atoms with E-state index in [0.717, 1.165) is 5.57 Å². The highest BCUT2D eigenvalue weighted by atomic mass is 35.5. The Balaban J connectivity index is 2.56. The van der Waals surface area contributed by atoms with Crippen molar-refractivity contribution in [1.29, 1.82) is 0 Å². The molecule has 2 nitrogen and oxygen atoms in total. The minimum Gasteiger partial charge on any atom is -0.281 e. The van der Waals surface area contributed by atoms with Gasteiger partial charge >= 0.3 is 10.8 Å². The summed E-state index contributed by atoms with van der Waals surface area (Å²) in [6.45, 7) is 0. The number of allylic oxidation sites excluding steroid dienone is 8. The molecule has 94 valence electrons. The number of hydrogen-bond acceptors (Lipinski definition) is 2. The van der Waals surface area contributed by atoms with Gasteiger partial charge in [0.05, 0.1) is 11.0 Å². The van der Waals surface area contributed by atoms with E-state index in [2.05, 4.69) is 6.08 Å². The van der Waals surface area contributed by atoms with Crippen molar-refractivity contribution in [2.75, 3.05) is 0 Å². The van der Waals surface area contributed by atoms with E-state index < -0.39 is 17.1 Å². The molecule has 2 aliphatic rings. The van der Waals surface area contributed by atoms with Gasteiger partial charge in [0.25, 0.3) is 0 Å². The maximum absolute atomic E-state index is 12.1. The normalized spacial score (nSPS) is 25.7. The first-order valence-corrected chi connectivity index (χ1v) is 6.40. The molecule has 2 rings (SSSR count). The molecule has 19 heavy (non-hydrogen) atoms. The number of terminal acetylenes is 1. The van der Waals surface area contributed by atoms with Crippen LogP contribution in [0.5, 0.6) is 0 Å². The highest BCUT2D eigenvalue weighted by Crippen LogP contribution is 2.33. The fraction of sp³-hybridized carbons (Fsp3) is 0.200. The van der Waals surface area contributed by atoms with Gasteiger partial charge in [-0.2, -0.15) is 4.79 Å². The maximum Gasteiger partial charge on any atom is 0.350 e. The zero-order valence-corrected chi connectivity index (χ0v) is 11.3. The van der Waals surface area contributed by atoms with Crippen LogP contribution in [0.25, 0.3) is 0 Å². The van der Waals surface area contributed by atoms with Crippen LogP contribution in [0, 0.1) is 24.3 Å². The number of ketones is 2. The molecule has 0 aromatic rings. The SMILES string of the molecule is C#CC(=O)C1[C+]=C(Cl)C(=O)C2=CC=CC=C(C2)C1Cl. The van der Waals surface area contributed by atoms with Gasteiger partial charge in [-0.3, -0.25) is 4.79 Å². The summed E-state index contributed by atoms with van der Waals surface area (Å²) in [5.74, 6) is 0.224. The van der Waals surface area contributed by atoms with E-state index in [4.69, 9.17) is 29.6 Å². The molecule has 0 aliphatic heterocycles. The largest absolute Gasteiger partial charge is 0.350 e. The van der Waals surface area contributed by atoms with Gasteiger partial charge in [-0.1, -0.05) is 18.2 Å². The molecule has 0 saturated heterocycles. The molecule has 0 aromatic heterocycles. The van der Waals surface area contributed by atoms with Crippen LogP contribution < -0.4 is 0 Å². The smallest absolute Gasteiger partial charge is 0.281 e. The van der Waals surface area contributed by atoms with Crippen LogP contribution in [-0.2, 0) is 9.59 Å². The van der Waals surface area contributed by atoms with Crippen molar-refractivity contribution in [2.24, 2.45) is 5.92 Å². The molecule has 2 aliphatic carbocycles. The molecule has 2 unspecified atom stereocenters. The molecule has 0 fully saturated rings. The van der Waals surface area contributed by atoms with Crippen LogP contribution in [0.15, 0.2) is 40.5 Å². The molecule has 0 amide bonds. The molecule has 0 aromatic carbocycles. The summed E-state index contributed by atoms with van der Waals surface area (Å²) < 4.78 is 0. The minimum absolute atomic E-state index is 0.139. The number of fused-ring (bicyclic) bond motifs is 2. The quantitative estimate of drug-likeness (QED) is 0.322. The highest BCUT2D eigenvalue weighted by molar-refractivity contribution is 6.45. The highest BCUT2D eigenvalue weighted by Gasteiger charge is 2.40. The zero-order valence-electron chi connectivity index (χ0n) is 9.82. The molecule has 0 saturated carbocycles. The van der Waals surface area contributed by atoms with E-state index in [1.54, 1.807) is 24.3 Å². The van der Waals surface area contributed by atoms with E-state index in [-0.39, 0.29) is 10.8 Å². The summed E-state index contributed by atoms with van der Waals surface area (Å²) in [4.78, 5) is 23.8. The van der Waals surface area contributed by atoms with Crippen LogP contribution in [0.4, 0.5) is 0 Å². The van der Waals surface area contributed by atoms with Crippen molar-refractivity contribution in [3.63, 3.8) is 0 Å². The Morgan fingerprint density at radius 3 is 2.79 bits per heavy atom. The van der Waals surface area contributed by atoms with Crippen molar-refractivity contribution in [3.05, 3.63) is 46.6 Å². The molecular formula is C15H9Cl2O2+. The van der Waals surface area contributed by atoms with Gasteiger partial charge in [0.1, 0.15) is 6.08 Å². The number of carbonyl (C=O) groups excluding carboxylic acids is 2. The van der Waals surface area contributed by atoms with Crippen molar-refractivity contribution in [3.8, 4) is 12.3 Å². The van der Waals surface area contributed by atoms with Gasteiger partial charge in [0.2, 0.25) is 5.78 Å². The first kappa shape index (κ1) is 13.8. The van der Waals surface area contributed by atoms with Crippen molar-refractivity contribution < 1.29 is 9.59 Å². The average molecular weight is 292 g/mol. The topological polar surface area (TPSA) is 34.1 Å². The lowest BCUT2D eigenvalue weighted by Crippen LogP contribution is -2.27. The summed E-state index contributed by atoms with van der Waals surface area (Å²) >= 11 is 12.2. The average Bonchev–Trinajstić information content (AvgIpc) is 2.67. The van der Waals surface area contributed by atoms with Gasteiger partial charge < -0.3 is 0 Å². The Morgan fingerprint density at radius 2 is 2.11 bits per heavy atom. The molecule has 0 spiro atoms. The maximum atomic E-state index is 12.1. The molecule has 2 atom stereocenters. The lowest BCUT2D eigenvalue weighted by molar-refractivity contribution is -0.116. The van der Waals surface area contributed by atoms with Crippen LogP contribution in [0.2, 0.25) is 0 Å². The minimum atomic E-state index is -0.901. The third kappa shape index (κ3) is 2.69. The number of hydrogen-bond donors (Lipinski definition) is 0. The van der Waals surface area contributed by atoms with Crippen LogP contribution >= 0.6 is 23.2 Å². The first-order chi connectivity index (χ1) is 9.04. The Labute approximate surface area is 121 Å². The molecule has 4 heteroatoms. The summed E-state index contributed by atoms with van der Waals surface area (Å²) in [6, 6.07) is 0. The first-order valence-electron chi connectivity index (χ1n) is 5.59. The summed E-state index contributed by atoms with van der Waals surface area (Å²) in [5, 5.41) is -0.795. The lowest BCUT2D eigenvalue weighted by atomic mass is 9.87. The molecule has 0 radical (unpaired) electrons. The summed E-state index contributed by atoms with van der Waals surface area (Å²) in [7, 11) is 0. The van der Waals surface area contributed by atoms with Gasteiger partial charge in [-0.25, -0.2) is 0 Å². The lowest BCUT2D eigenvalue weighted by Gasteiger charge is -2.16.